The summed E-state index contributed by atoms with van der Waals surface area (Å²) in [6, 6.07) is 6.39. The number of fused-ring (bicyclic) bond motifs is 1. The molecule has 6 nitrogen and oxygen atoms in total. The van der Waals surface area contributed by atoms with Crippen molar-refractivity contribution >= 4 is 10.0 Å². The molecule has 0 spiro atoms. The molecule has 11 heteroatoms. The van der Waals surface area contributed by atoms with Crippen LogP contribution in [0.15, 0.2) is 53.8 Å². The maximum Gasteiger partial charge on any atom is 0.451 e. The summed E-state index contributed by atoms with van der Waals surface area (Å²) in [6.07, 6.45) is 3.42. The Bertz CT molecular complexity index is 1400. The maximum absolute atomic E-state index is 13.5. The molecule has 1 atom stereocenters. The van der Waals surface area contributed by atoms with Crippen molar-refractivity contribution in [2.45, 2.75) is 61.2 Å². The van der Waals surface area contributed by atoms with Crippen molar-refractivity contribution in [2.24, 2.45) is 5.92 Å². The average molecular weight is 519 g/mol. The first-order chi connectivity index (χ1) is 17.1. The average Bonchev–Trinajstić information content (AvgIpc) is 3.51. The quantitative estimate of drug-likeness (QED) is 0.431. The van der Waals surface area contributed by atoms with E-state index in [9.17, 15) is 26.0 Å². The number of hydrogen-bond donors (Lipinski definition) is 0. The third kappa shape index (κ3) is 4.07. The second-order valence-electron chi connectivity index (χ2n) is 9.78. The van der Waals surface area contributed by atoms with Gasteiger partial charge in [0.25, 0.3) is 0 Å². The Kier molecular flexibility index (Phi) is 5.42. The van der Waals surface area contributed by atoms with Gasteiger partial charge in [0.05, 0.1) is 10.6 Å². The third-order valence-corrected chi connectivity index (χ3v) is 9.43. The van der Waals surface area contributed by atoms with E-state index >= 15 is 0 Å². The Morgan fingerprint density at radius 1 is 0.972 bits per heavy atom. The van der Waals surface area contributed by atoms with Gasteiger partial charge in [-0.3, -0.25) is 4.98 Å². The fraction of sp³-hybridized carbons (Fsp3) is 0.400. The van der Waals surface area contributed by atoms with Crippen molar-refractivity contribution in [3.8, 4) is 11.3 Å². The Balaban J connectivity index is 1.33. The maximum atomic E-state index is 13.5. The van der Waals surface area contributed by atoms with Crippen LogP contribution >= 0.6 is 0 Å². The molecular formula is C25H22F4N4O2S. The summed E-state index contributed by atoms with van der Waals surface area (Å²) in [5, 5.41) is 0. The van der Waals surface area contributed by atoms with Crippen LogP contribution in [0.1, 0.15) is 48.6 Å². The second-order valence-corrected chi connectivity index (χ2v) is 11.6. The van der Waals surface area contributed by atoms with Gasteiger partial charge in [-0.15, -0.1) is 0 Å². The summed E-state index contributed by atoms with van der Waals surface area (Å²) in [5.74, 6) is -1.14. The molecule has 2 aliphatic carbocycles. The summed E-state index contributed by atoms with van der Waals surface area (Å²) in [4.78, 5) is 11.4. The summed E-state index contributed by atoms with van der Waals surface area (Å²) in [6.45, 7) is 0. The van der Waals surface area contributed by atoms with Gasteiger partial charge in [0.1, 0.15) is 5.82 Å². The molecule has 2 aromatic heterocycles. The zero-order valence-corrected chi connectivity index (χ0v) is 19.8. The minimum atomic E-state index is -4.63. The van der Waals surface area contributed by atoms with Gasteiger partial charge in [0.15, 0.2) is 0 Å². The van der Waals surface area contributed by atoms with Crippen LogP contribution in [0.2, 0.25) is 0 Å². The lowest BCUT2D eigenvalue weighted by Gasteiger charge is -2.26. The lowest BCUT2D eigenvalue weighted by Crippen LogP contribution is -2.38. The molecule has 4 fully saturated rings. The molecule has 0 N–H and O–H groups in total. The van der Waals surface area contributed by atoms with Crippen LogP contribution in [0.4, 0.5) is 17.6 Å². The van der Waals surface area contributed by atoms with Crippen molar-refractivity contribution in [1.29, 1.82) is 0 Å². The fourth-order valence-electron chi connectivity index (χ4n) is 5.43. The van der Waals surface area contributed by atoms with E-state index in [1.54, 1.807) is 10.5 Å². The number of nitrogens with zero attached hydrogens (tertiary/aromatic N) is 4. The minimum Gasteiger partial charge on any atom is -0.256 e. The number of aromatic nitrogens is 3. The predicted octanol–water partition coefficient (Wildman–Crippen LogP) is 4.97. The highest BCUT2D eigenvalue weighted by atomic mass is 32.2. The number of rotatable bonds is 6. The number of benzene rings is 1. The van der Waals surface area contributed by atoms with Crippen LogP contribution in [-0.2, 0) is 22.6 Å². The molecule has 7 rings (SSSR count). The van der Waals surface area contributed by atoms with Crippen LogP contribution in [0.25, 0.3) is 11.3 Å². The largest absolute Gasteiger partial charge is 0.451 e. The first kappa shape index (κ1) is 23.5. The monoisotopic (exact) mass is 518 g/mol. The summed E-state index contributed by atoms with van der Waals surface area (Å²) in [7, 11) is -3.81. The second kappa shape index (κ2) is 8.31. The normalized spacial score (nSPS) is 24.1. The van der Waals surface area contributed by atoms with E-state index in [1.165, 1.54) is 12.1 Å². The Hall–Kier alpha value is -2.92. The van der Waals surface area contributed by atoms with Crippen molar-refractivity contribution in [1.82, 2.24) is 19.3 Å². The van der Waals surface area contributed by atoms with Gasteiger partial charge in [-0.1, -0.05) is 0 Å². The molecule has 2 saturated heterocycles. The van der Waals surface area contributed by atoms with Gasteiger partial charge in [0.2, 0.25) is 15.8 Å². The molecule has 1 unspecified atom stereocenters. The summed E-state index contributed by atoms with van der Waals surface area (Å²) >= 11 is 0. The fourth-order valence-corrected chi connectivity index (χ4v) is 7.32. The topological polar surface area (TPSA) is 76.1 Å². The van der Waals surface area contributed by atoms with E-state index in [2.05, 4.69) is 15.0 Å². The van der Waals surface area contributed by atoms with Gasteiger partial charge in [0, 0.05) is 36.2 Å². The SMILES string of the molecule is O=S(=O)(c1ccc(F)cc1)N1C2CC(C2)C1Cc1cc(-c2cnc(C(F)(F)F)nc2)ncc1C1CC1. The molecule has 1 aromatic carbocycles. The molecule has 2 saturated carbocycles. The van der Waals surface area contributed by atoms with Gasteiger partial charge in [-0.2, -0.15) is 17.5 Å². The first-order valence-electron chi connectivity index (χ1n) is 11.8. The predicted molar refractivity (Wildman–Crippen MR) is 122 cm³/mol. The Morgan fingerprint density at radius 3 is 2.25 bits per heavy atom. The van der Waals surface area contributed by atoms with Crippen molar-refractivity contribution in [2.75, 3.05) is 0 Å². The lowest BCUT2D eigenvalue weighted by molar-refractivity contribution is -0.144. The molecule has 0 amide bonds. The van der Waals surface area contributed by atoms with Crippen LogP contribution in [-0.4, -0.2) is 39.8 Å². The summed E-state index contributed by atoms with van der Waals surface area (Å²) < 4.78 is 80.6. The van der Waals surface area contributed by atoms with Gasteiger partial charge in [-0.05, 0) is 85.4 Å². The Morgan fingerprint density at radius 2 is 1.64 bits per heavy atom. The molecular weight excluding hydrogens is 496 g/mol. The van der Waals surface area contributed by atoms with Crippen molar-refractivity contribution in [3.63, 3.8) is 0 Å². The standard InChI is InChI=1S/C25H22F4N4O2S/c26-18-3-5-20(6-4-18)36(34,35)33-19-7-16(8-19)23(33)10-15-9-22(30-13-21(15)14-1-2-14)17-11-31-24(32-12-17)25(27,28)29/h3-6,9,11-14,16,19,23H,1-2,7-8,10H2. The molecule has 2 aliphatic heterocycles. The third-order valence-electron chi connectivity index (χ3n) is 7.44. The number of sulfonamides is 1. The zero-order valence-electron chi connectivity index (χ0n) is 19.0. The van der Waals surface area contributed by atoms with E-state index in [1.807, 2.05) is 6.07 Å². The summed E-state index contributed by atoms with van der Waals surface area (Å²) in [5.41, 5.74) is 2.80. The van der Waals surface area contributed by atoms with E-state index in [0.29, 0.717) is 23.6 Å². The van der Waals surface area contributed by atoms with Crippen LogP contribution in [0.3, 0.4) is 0 Å². The highest BCUT2D eigenvalue weighted by Gasteiger charge is 2.55. The smallest absolute Gasteiger partial charge is 0.256 e. The minimum absolute atomic E-state index is 0.0705. The number of pyridine rings is 1. The highest BCUT2D eigenvalue weighted by molar-refractivity contribution is 7.89. The number of halogens is 4. The number of alkyl halides is 3. The van der Waals surface area contributed by atoms with E-state index in [4.69, 9.17) is 0 Å². The molecule has 4 aliphatic rings. The Labute approximate surface area is 205 Å². The van der Waals surface area contributed by atoms with Crippen LogP contribution in [0.5, 0.6) is 0 Å². The molecule has 4 heterocycles. The van der Waals surface area contributed by atoms with Gasteiger partial charge < -0.3 is 0 Å². The molecule has 2 bridgehead atoms. The highest BCUT2D eigenvalue weighted by Crippen LogP contribution is 2.51. The van der Waals surface area contributed by atoms with E-state index in [0.717, 1.165) is 61.3 Å². The van der Waals surface area contributed by atoms with Gasteiger partial charge in [-0.25, -0.2) is 22.8 Å². The van der Waals surface area contributed by atoms with Gasteiger partial charge >= 0.3 is 6.18 Å². The number of hydrogen-bond acceptors (Lipinski definition) is 5. The van der Waals surface area contributed by atoms with Crippen molar-refractivity contribution in [3.05, 3.63) is 71.7 Å². The van der Waals surface area contributed by atoms with E-state index < -0.39 is 27.8 Å². The zero-order chi connectivity index (χ0) is 25.2. The molecule has 188 valence electrons. The molecule has 3 aromatic rings. The van der Waals surface area contributed by atoms with E-state index in [-0.39, 0.29) is 22.9 Å². The first-order valence-corrected chi connectivity index (χ1v) is 13.2. The lowest BCUT2D eigenvalue weighted by atomic mass is 9.81. The van der Waals surface area contributed by atoms with Crippen LogP contribution < -0.4 is 0 Å². The molecule has 0 radical (unpaired) electrons. The molecule has 36 heavy (non-hydrogen) atoms. The van der Waals surface area contributed by atoms with Crippen molar-refractivity contribution < 1.29 is 26.0 Å². The van der Waals surface area contributed by atoms with Crippen LogP contribution in [0, 0.1) is 11.7 Å².